The van der Waals surface area contributed by atoms with Crippen LogP contribution in [-0.4, -0.2) is 107 Å². The molecule has 0 saturated carbocycles. The summed E-state index contributed by atoms with van der Waals surface area (Å²) in [4.78, 5) is 25.3. The predicted molar refractivity (Wildman–Crippen MR) is 187 cm³/mol. The molecule has 0 spiro atoms. The number of aromatic hydroxyl groups is 2. The van der Waals surface area contributed by atoms with Crippen LogP contribution in [0.4, 0.5) is 5.69 Å². The zero-order chi connectivity index (χ0) is 38.1. The van der Waals surface area contributed by atoms with Crippen molar-refractivity contribution in [1.29, 1.82) is 0 Å². The maximum atomic E-state index is 13.2. The zero-order valence-corrected chi connectivity index (χ0v) is 29.6. The first-order valence-electron chi connectivity index (χ1n) is 16.8. The third kappa shape index (κ3) is 9.67. The van der Waals surface area contributed by atoms with E-state index in [2.05, 4.69) is 19.2 Å². The Balaban J connectivity index is 1.50. The molecule has 0 unspecified atom stereocenters. The van der Waals surface area contributed by atoms with Crippen molar-refractivity contribution < 1.29 is 68.6 Å². The Morgan fingerprint density at radius 1 is 0.846 bits per heavy atom. The summed E-state index contributed by atoms with van der Waals surface area (Å²) >= 11 is 0. The van der Waals surface area contributed by atoms with Gasteiger partial charge in [0, 0.05) is 30.7 Å². The fourth-order valence-corrected chi connectivity index (χ4v) is 5.52. The number of hydrogen-bond donors (Lipinski definition) is 7. The minimum absolute atomic E-state index is 0.0179. The molecule has 0 aromatic heterocycles. The van der Waals surface area contributed by atoms with Gasteiger partial charge in [-0.05, 0) is 31.2 Å². The third-order valence-corrected chi connectivity index (χ3v) is 8.52. The highest BCUT2D eigenvalue weighted by Gasteiger charge is 2.46. The number of carboxylic acid groups (broad SMARTS) is 1. The molecule has 1 heterocycles. The van der Waals surface area contributed by atoms with Crippen LogP contribution in [-0.2, 0) is 15.9 Å². The van der Waals surface area contributed by atoms with Gasteiger partial charge in [-0.15, -0.1) is 0 Å². The van der Waals surface area contributed by atoms with E-state index < -0.39 is 72.1 Å². The average Bonchev–Trinajstić information content (AvgIpc) is 3.12. The van der Waals surface area contributed by atoms with Crippen LogP contribution in [0.2, 0.25) is 0 Å². The van der Waals surface area contributed by atoms with Crippen LogP contribution in [0.1, 0.15) is 59.9 Å². The van der Waals surface area contributed by atoms with Gasteiger partial charge < -0.3 is 64.4 Å². The van der Waals surface area contributed by atoms with E-state index >= 15 is 0 Å². The van der Waals surface area contributed by atoms with Crippen molar-refractivity contribution in [2.24, 2.45) is 5.92 Å². The Kier molecular flexibility index (Phi) is 13.8. The molecule has 15 heteroatoms. The van der Waals surface area contributed by atoms with Gasteiger partial charge in [0.2, 0.25) is 17.8 Å². The van der Waals surface area contributed by atoms with Gasteiger partial charge in [0.15, 0.2) is 23.0 Å². The number of anilines is 1. The molecule has 3 aromatic rings. The van der Waals surface area contributed by atoms with E-state index in [-0.39, 0.29) is 41.1 Å². The minimum atomic E-state index is -1.83. The first-order chi connectivity index (χ1) is 24.7. The lowest BCUT2D eigenvalue weighted by Gasteiger charge is -2.40. The van der Waals surface area contributed by atoms with Gasteiger partial charge in [0.25, 0.3) is 0 Å². The van der Waals surface area contributed by atoms with Gasteiger partial charge in [-0.25, -0.2) is 9.59 Å². The Bertz CT molecular complexity index is 1670. The predicted octanol–water partition coefficient (Wildman–Crippen LogP) is 3.71. The summed E-state index contributed by atoms with van der Waals surface area (Å²) in [7, 11) is 2.53. The van der Waals surface area contributed by atoms with E-state index in [0.717, 1.165) is 24.5 Å². The topological polar surface area (TPSA) is 223 Å². The number of aromatic carboxylic acids is 1. The number of benzene rings is 3. The third-order valence-electron chi connectivity index (χ3n) is 8.52. The molecule has 1 saturated heterocycles. The maximum Gasteiger partial charge on any atom is 0.342 e. The van der Waals surface area contributed by atoms with Crippen molar-refractivity contribution in [1.82, 2.24) is 0 Å². The second kappa shape index (κ2) is 18.0. The number of phenols is 2. The molecule has 0 aliphatic carbocycles. The highest BCUT2D eigenvalue weighted by molar-refractivity contribution is 5.96. The van der Waals surface area contributed by atoms with Crippen LogP contribution >= 0.6 is 0 Å². The highest BCUT2D eigenvalue weighted by atomic mass is 16.7. The number of hydrogen-bond acceptors (Lipinski definition) is 14. The van der Waals surface area contributed by atoms with Crippen molar-refractivity contribution in [3.63, 3.8) is 0 Å². The minimum Gasteiger partial charge on any atom is -0.504 e. The fraction of sp³-hybridized carbons (Fsp3) is 0.459. The van der Waals surface area contributed by atoms with E-state index in [1.165, 1.54) is 26.4 Å². The van der Waals surface area contributed by atoms with Crippen LogP contribution in [0.15, 0.2) is 48.5 Å². The molecule has 15 nitrogen and oxygen atoms in total. The summed E-state index contributed by atoms with van der Waals surface area (Å²) in [5.41, 5.74) is 0.617. The Morgan fingerprint density at radius 2 is 1.52 bits per heavy atom. The number of carbonyl (C=O) groups excluding carboxylic acids is 1. The van der Waals surface area contributed by atoms with Gasteiger partial charge in [-0.1, -0.05) is 44.2 Å². The van der Waals surface area contributed by atoms with E-state index in [9.17, 15) is 40.2 Å². The molecular weight excluding hydrogens is 682 g/mol. The number of aliphatic hydroxyl groups excluding tert-OH is 3. The van der Waals surface area contributed by atoms with Crippen molar-refractivity contribution in [2.45, 2.75) is 76.8 Å². The summed E-state index contributed by atoms with van der Waals surface area (Å²) < 4.78 is 33.1. The fourth-order valence-electron chi connectivity index (χ4n) is 5.52. The molecule has 3 aromatic carbocycles. The molecular formula is C37H47NO14. The number of carboxylic acids is 1. The molecule has 4 rings (SSSR count). The molecule has 0 bridgehead atoms. The lowest BCUT2D eigenvalue weighted by atomic mass is 9.99. The Labute approximate surface area is 301 Å². The van der Waals surface area contributed by atoms with E-state index in [4.69, 9.17) is 28.4 Å². The molecule has 0 amide bonds. The summed E-state index contributed by atoms with van der Waals surface area (Å²) in [6.07, 6.45) is -6.40. The lowest BCUT2D eigenvalue weighted by molar-refractivity contribution is -0.277. The van der Waals surface area contributed by atoms with Gasteiger partial charge in [0.1, 0.15) is 36.6 Å². The molecule has 0 radical (unpaired) electrons. The maximum absolute atomic E-state index is 13.2. The monoisotopic (exact) mass is 729 g/mol. The Hall–Kier alpha value is -4.96. The van der Waals surface area contributed by atoms with Crippen LogP contribution in [0.5, 0.6) is 34.5 Å². The number of nitrogens with one attached hydrogen (secondary N) is 1. The summed E-state index contributed by atoms with van der Waals surface area (Å²) in [6, 6.07) is 12.9. The van der Waals surface area contributed by atoms with E-state index in [1.54, 1.807) is 0 Å². The second-order valence-electron chi connectivity index (χ2n) is 12.8. The number of ether oxygens (including phenoxy) is 6. The van der Waals surface area contributed by atoms with Crippen LogP contribution in [0.25, 0.3) is 0 Å². The van der Waals surface area contributed by atoms with Crippen LogP contribution < -0.4 is 24.3 Å². The van der Waals surface area contributed by atoms with Crippen molar-refractivity contribution in [3.8, 4) is 34.5 Å². The summed E-state index contributed by atoms with van der Waals surface area (Å²) in [5.74, 6) is -3.83. The molecule has 1 fully saturated rings. The van der Waals surface area contributed by atoms with Gasteiger partial charge in [0.05, 0.1) is 32.1 Å². The van der Waals surface area contributed by atoms with Crippen LogP contribution in [0.3, 0.4) is 0 Å². The number of methoxy groups -OCH3 is 2. The first kappa shape index (κ1) is 39.8. The summed E-state index contributed by atoms with van der Waals surface area (Å²) in [5, 5.41) is 66.7. The second-order valence-corrected chi connectivity index (χ2v) is 12.8. The van der Waals surface area contributed by atoms with Crippen molar-refractivity contribution in [2.75, 3.05) is 32.8 Å². The van der Waals surface area contributed by atoms with Gasteiger partial charge in [-0.2, -0.15) is 0 Å². The largest absolute Gasteiger partial charge is 0.504 e. The van der Waals surface area contributed by atoms with Gasteiger partial charge in [-0.3, -0.25) is 0 Å². The molecule has 1 aliphatic rings. The number of aliphatic hydroxyl groups is 3. The Morgan fingerprint density at radius 3 is 2.15 bits per heavy atom. The average molecular weight is 730 g/mol. The molecule has 6 atom stereocenters. The number of carbonyl (C=O) groups is 2. The summed E-state index contributed by atoms with van der Waals surface area (Å²) in [6.45, 7) is 5.42. The van der Waals surface area contributed by atoms with Gasteiger partial charge >= 0.3 is 11.9 Å². The molecule has 1 aliphatic heterocycles. The van der Waals surface area contributed by atoms with Crippen molar-refractivity contribution >= 4 is 17.6 Å². The number of esters is 1. The number of phenolic OH excluding ortho intramolecular Hbond substituents is 2. The molecule has 7 N–H and O–H groups in total. The smallest absolute Gasteiger partial charge is 0.342 e. The lowest BCUT2D eigenvalue weighted by Crippen LogP contribution is -2.60. The first-order valence-corrected chi connectivity index (χ1v) is 16.8. The van der Waals surface area contributed by atoms with E-state index in [0.29, 0.717) is 12.3 Å². The van der Waals surface area contributed by atoms with Crippen molar-refractivity contribution in [3.05, 3.63) is 65.2 Å². The molecule has 284 valence electrons. The van der Waals surface area contributed by atoms with E-state index in [1.807, 2.05) is 37.3 Å². The standard InChI is InChI=1S/C37H47NO14/c1-19(2)11-12-20(3)38-24-17-26(25(47-4)15-22(24)35(44)45)51-37-33(43)32(42)30(40)28(52-37)18-50-36(46)23-16-27(48-5)31(41)34(29(23)39)49-14-13-21-9-7-6-8-10-21/h6-10,15-17,19-20,28,30,32-33,37-43H,11-14,18H2,1-5H3,(H,44,45)/t20-,28-,30-,32+,33-,37+/m1/s1. The normalized spacial score (nSPS) is 20.5. The quantitative estimate of drug-likeness (QED) is 0.0984. The number of rotatable bonds is 17. The highest BCUT2D eigenvalue weighted by Crippen LogP contribution is 2.46. The van der Waals surface area contributed by atoms with Crippen LogP contribution in [0, 0.1) is 5.92 Å². The molecule has 52 heavy (non-hydrogen) atoms. The SMILES string of the molecule is COc1cc(C(=O)O)c(N[C@H](C)CCC(C)C)cc1O[C@H]1O[C@H](COC(=O)c2cc(OC)c(O)c(OCCc3ccccc3)c2O)[C@@H](O)[C@H](O)[C@H]1O. The zero-order valence-electron chi connectivity index (χ0n) is 29.6.